The van der Waals surface area contributed by atoms with Crippen LogP contribution in [-0.4, -0.2) is 36.0 Å². The molecule has 0 unspecified atom stereocenters. The summed E-state index contributed by atoms with van der Waals surface area (Å²) in [5.41, 5.74) is 0.615. The molecule has 0 aromatic heterocycles. The predicted octanol–water partition coefficient (Wildman–Crippen LogP) is 3.26. The van der Waals surface area contributed by atoms with Crippen LogP contribution >= 0.6 is 0 Å². The summed E-state index contributed by atoms with van der Waals surface area (Å²) < 4.78 is 13.9. The maximum Gasteiger partial charge on any atom is 0.274 e. The second-order valence-electron chi connectivity index (χ2n) is 6.59. The van der Waals surface area contributed by atoms with Crippen molar-refractivity contribution >= 4 is 5.69 Å². The van der Waals surface area contributed by atoms with E-state index in [1.807, 2.05) is 0 Å². The van der Waals surface area contributed by atoms with Crippen LogP contribution in [0.25, 0.3) is 0 Å². The third-order valence-corrected chi connectivity index (χ3v) is 5.15. The minimum atomic E-state index is -0.387. The smallest absolute Gasteiger partial charge is 0.274 e. The summed E-state index contributed by atoms with van der Waals surface area (Å²) in [5.74, 6) is -0.0103. The van der Waals surface area contributed by atoms with Gasteiger partial charge in [-0.25, -0.2) is 4.39 Å². The number of nitro benzene ring substituents is 1. The topological polar surface area (TPSA) is 58.4 Å². The van der Waals surface area contributed by atoms with E-state index in [0.717, 1.165) is 51.9 Å². The van der Waals surface area contributed by atoms with Gasteiger partial charge in [0.15, 0.2) is 0 Å². The Morgan fingerprint density at radius 2 is 1.91 bits per heavy atom. The number of hydrogen-bond donors (Lipinski definition) is 1. The summed E-state index contributed by atoms with van der Waals surface area (Å²) in [5, 5.41) is 14.8. The first-order valence-corrected chi connectivity index (χ1v) is 8.55. The Labute approximate surface area is 136 Å². The van der Waals surface area contributed by atoms with Gasteiger partial charge in [-0.1, -0.05) is 19.3 Å². The molecular formula is C17H24FN3O2. The lowest BCUT2D eigenvalue weighted by molar-refractivity contribution is -0.386. The number of rotatable bonds is 4. The number of piperazine rings is 1. The second-order valence-corrected chi connectivity index (χ2v) is 6.59. The van der Waals surface area contributed by atoms with Crippen molar-refractivity contribution in [3.63, 3.8) is 0 Å². The molecule has 0 bridgehead atoms. The monoisotopic (exact) mass is 321 g/mol. The van der Waals surface area contributed by atoms with E-state index in [-0.39, 0.29) is 22.5 Å². The molecule has 0 spiro atoms. The SMILES string of the molecule is O=[N+]([O-])c1ccc(F)cc1[C@@H](C1CCCCC1)N1CCNCC1. The first-order valence-electron chi connectivity index (χ1n) is 8.55. The molecular weight excluding hydrogens is 297 g/mol. The van der Waals surface area contributed by atoms with Crippen LogP contribution in [0.3, 0.4) is 0 Å². The maximum absolute atomic E-state index is 13.9. The number of hydrogen-bond acceptors (Lipinski definition) is 4. The largest absolute Gasteiger partial charge is 0.314 e. The molecule has 6 heteroatoms. The van der Waals surface area contributed by atoms with E-state index in [1.54, 1.807) is 0 Å². The van der Waals surface area contributed by atoms with Gasteiger partial charge in [-0.05, 0) is 30.9 Å². The van der Waals surface area contributed by atoms with Gasteiger partial charge in [0, 0.05) is 38.3 Å². The molecule has 1 saturated heterocycles. The molecule has 0 radical (unpaired) electrons. The molecule has 23 heavy (non-hydrogen) atoms. The quantitative estimate of drug-likeness (QED) is 0.683. The van der Waals surface area contributed by atoms with Crippen LogP contribution in [0.2, 0.25) is 0 Å². The maximum atomic E-state index is 13.9. The minimum Gasteiger partial charge on any atom is -0.314 e. The van der Waals surface area contributed by atoms with Crippen molar-refractivity contribution in [2.45, 2.75) is 38.1 Å². The number of nitrogens with one attached hydrogen (secondary N) is 1. The van der Waals surface area contributed by atoms with Crippen molar-refractivity contribution in [1.29, 1.82) is 0 Å². The third-order valence-electron chi connectivity index (χ3n) is 5.15. The zero-order chi connectivity index (χ0) is 16.2. The Bertz CT molecular complexity index is 537. The van der Waals surface area contributed by atoms with E-state index in [9.17, 15) is 14.5 Å². The van der Waals surface area contributed by atoms with Crippen molar-refractivity contribution in [1.82, 2.24) is 10.2 Å². The highest BCUT2D eigenvalue weighted by atomic mass is 19.1. The third kappa shape index (κ3) is 3.70. The molecule has 1 saturated carbocycles. The Kier molecular flexibility index (Phi) is 5.23. The van der Waals surface area contributed by atoms with Gasteiger partial charge in [-0.15, -0.1) is 0 Å². The van der Waals surface area contributed by atoms with Gasteiger partial charge < -0.3 is 5.32 Å². The van der Waals surface area contributed by atoms with E-state index in [0.29, 0.717) is 11.5 Å². The molecule has 1 aliphatic heterocycles. The Morgan fingerprint density at radius 1 is 1.22 bits per heavy atom. The van der Waals surface area contributed by atoms with Crippen molar-refractivity contribution in [3.05, 3.63) is 39.7 Å². The molecule has 3 rings (SSSR count). The van der Waals surface area contributed by atoms with Gasteiger partial charge in [-0.3, -0.25) is 15.0 Å². The molecule has 0 amide bonds. The van der Waals surface area contributed by atoms with E-state index < -0.39 is 0 Å². The first-order chi connectivity index (χ1) is 11.2. The molecule has 1 aromatic rings. The molecule has 2 fully saturated rings. The average molecular weight is 321 g/mol. The highest BCUT2D eigenvalue weighted by molar-refractivity contribution is 5.43. The van der Waals surface area contributed by atoms with E-state index in [4.69, 9.17) is 0 Å². The number of nitro groups is 1. The molecule has 1 heterocycles. The van der Waals surface area contributed by atoms with E-state index >= 15 is 0 Å². The van der Waals surface area contributed by atoms with Gasteiger partial charge in [0.05, 0.1) is 10.5 Å². The Balaban J connectivity index is 1.99. The molecule has 5 nitrogen and oxygen atoms in total. The van der Waals surface area contributed by atoms with Crippen LogP contribution in [0, 0.1) is 21.8 Å². The van der Waals surface area contributed by atoms with Crippen molar-refractivity contribution < 1.29 is 9.31 Å². The number of benzene rings is 1. The lowest BCUT2D eigenvalue weighted by Gasteiger charge is -2.40. The van der Waals surface area contributed by atoms with Crippen molar-refractivity contribution in [2.75, 3.05) is 26.2 Å². The highest BCUT2D eigenvalue weighted by Crippen LogP contribution is 2.41. The number of halogens is 1. The van der Waals surface area contributed by atoms with E-state index in [1.165, 1.54) is 24.6 Å². The molecule has 1 aliphatic carbocycles. The molecule has 126 valence electrons. The second kappa shape index (κ2) is 7.36. The van der Waals surface area contributed by atoms with Crippen molar-refractivity contribution in [2.24, 2.45) is 5.92 Å². The average Bonchev–Trinajstić information content (AvgIpc) is 2.57. The van der Waals surface area contributed by atoms with Crippen LogP contribution in [0.4, 0.5) is 10.1 Å². The van der Waals surface area contributed by atoms with Gasteiger partial charge in [-0.2, -0.15) is 0 Å². The summed E-state index contributed by atoms with van der Waals surface area (Å²) in [6, 6.07) is 3.85. The molecule has 1 aromatic carbocycles. The van der Waals surface area contributed by atoms with Gasteiger partial charge >= 0.3 is 0 Å². The summed E-state index contributed by atoms with van der Waals surface area (Å²) >= 11 is 0. The lowest BCUT2D eigenvalue weighted by atomic mass is 9.79. The fraction of sp³-hybridized carbons (Fsp3) is 0.647. The van der Waals surface area contributed by atoms with Crippen LogP contribution in [0.5, 0.6) is 0 Å². The zero-order valence-corrected chi connectivity index (χ0v) is 13.3. The Hall–Kier alpha value is -1.53. The van der Waals surface area contributed by atoms with Crippen LogP contribution in [0.15, 0.2) is 18.2 Å². The van der Waals surface area contributed by atoms with Gasteiger partial charge in [0.1, 0.15) is 5.82 Å². The summed E-state index contributed by atoms with van der Waals surface area (Å²) in [7, 11) is 0. The highest BCUT2D eigenvalue weighted by Gasteiger charge is 2.35. The summed E-state index contributed by atoms with van der Waals surface area (Å²) in [6.45, 7) is 3.47. The summed E-state index contributed by atoms with van der Waals surface area (Å²) in [6.07, 6.45) is 5.70. The van der Waals surface area contributed by atoms with Gasteiger partial charge in [0.2, 0.25) is 0 Å². The standard InChI is InChI=1S/C17H24FN3O2/c18-14-6-7-16(21(22)23)15(12-14)17(13-4-2-1-3-5-13)20-10-8-19-9-11-20/h6-7,12-13,17,19H,1-5,8-11H2/t17-/m1/s1. The van der Waals surface area contributed by atoms with E-state index in [2.05, 4.69) is 10.2 Å². The minimum absolute atomic E-state index is 0.0477. The fourth-order valence-corrected chi connectivity index (χ4v) is 4.09. The predicted molar refractivity (Wildman–Crippen MR) is 86.8 cm³/mol. The Morgan fingerprint density at radius 3 is 2.57 bits per heavy atom. The first kappa shape index (κ1) is 16.3. The van der Waals surface area contributed by atoms with Crippen LogP contribution in [0.1, 0.15) is 43.7 Å². The summed E-state index contributed by atoms with van der Waals surface area (Å²) in [4.78, 5) is 13.4. The zero-order valence-electron chi connectivity index (χ0n) is 13.3. The number of nitrogens with zero attached hydrogens (tertiary/aromatic N) is 2. The molecule has 1 N–H and O–H groups in total. The molecule has 1 atom stereocenters. The lowest BCUT2D eigenvalue weighted by Crippen LogP contribution is -2.47. The van der Waals surface area contributed by atoms with Gasteiger partial charge in [0.25, 0.3) is 5.69 Å². The van der Waals surface area contributed by atoms with Crippen LogP contribution < -0.4 is 5.32 Å². The molecule has 2 aliphatic rings. The van der Waals surface area contributed by atoms with Crippen LogP contribution in [-0.2, 0) is 0 Å². The van der Waals surface area contributed by atoms with Crippen molar-refractivity contribution in [3.8, 4) is 0 Å². The normalized spacial score (nSPS) is 22.0. The fourth-order valence-electron chi connectivity index (χ4n) is 4.09.